The molecule has 0 fully saturated rings. The Balaban J connectivity index is 2.25. The van der Waals surface area contributed by atoms with Crippen LogP contribution in [-0.4, -0.2) is 25.7 Å². The van der Waals surface area contributed by atoms with E-state index in [1.165, 1.54) is 5.56 Å². The molecule has 2 unspecified atom stereocenters. The molecular formula is C11H15BNOP. The van der Waals surface area contributed by atoms with E-state index in [9.17, 15) is 4.79 Å². The van der Waals surface area contributed by atoms with E-state index in [-0.39, 0.29) is 11.6 Å². The zero-order valence-corrected chi connectivity index (χ0v) is 9.86. The van der Waals surface area contributed by atoms with Crippen LogP contribution < -0.4 is 5.23 Å². The van der Waals surface area contributed by atoms with Crippen LogP contribution in [0.3, 0.4) is 0 Å². The monoisotopic (exact) mass is 219 g/mol. The molecule has 1 aromatic carbocycles. The van der Waals surface area contributed by atoms with Gasteiger partial charge in [-0.2, -0.15) is 0 Å². The van der Waals surface area contributed by atoms with Crippen molar-refractivity contribution in [1.29, 1.82) is 0 Å². The first kappa shape index (κ1) is 12.3. The molecule has 0 aliphatic heterocycles. The third kappa shape index (κ3) is 4.48. The molecule has 2 radical (unpaired) electrons. The van der Waals surface area contributed by atoms with E-state index < -0.39 is 0 Å². The number of amides is 1. The van der Waals surface area contributed by atoms with Crippen molar-refractivity contribution in [3.63, 3.8) is 0 Å². The summed E-state index contributed by atoms with van der Waals surface area (Å²) in [6.07, 6.45) is 2.07. The zero-order chi connectivity index (χ0) is 11.1. The lowest BCUT2D eigenvalue weighted by atomic mass is 10.2. The van der Waals surface area contributed by atoms with Crippen LogP contribution in [0.4, 0.5) is 0 Å². The maximum atomic E-state index is 11.1. The highest BCUT2D eigenvalue weighted by molar-refractivity contribution is 7.40. The zero-order valence-electron chi connectivity index (χ0n) is 8.86. The van der Waals surface area contributed by atoms with E-state index in [2.05, 4.69) is 17.4 Å². The molecule has 0 aliphatic rings. The van der Waals surface area contributed by atoms with Crippen LogP contribution in [-0.2, 0) is 11.2 Å². The van der Waals surface area contributed by atoms with Gasteiger partial charge in [-0.15, -0.1) is 8.58 Å². The quantitative estimate of drug-likeness (QED) is 0.590. The number of carbonyl (C=O) groups is 1. The predicted octanol–water partition coefficient (Wildman–Crippen LogP) is 1.50. The van der Waals surface area contributed by atoms with Crippen molar-refractivity contribution in [2.24, 2.45) is 0 Å². The number of carbonyl (C=O) groups excluding carboxylic acids is 1. The predicted molar refractivity (Wildman–Crippen MR) is 66.7 cm³/mol. The summed E-state index contributed by atoms with van der Waals surface area (Å²) in [6.45, 7) is 1.91. The van der Waals surface area contributed by atoms with E-state index in [1.807, 2.05) is 25.1 Å². The third-order valence-electron chi connectivity index (χ3n) is 2.24. The fraction of sp³-hybridized carbons (Fsp3) is 0.364. The van der Waals surface area contributed by atoms with E-state index in [4.69, 9.17) is 7.98 Å². The van der Waals surface area contributed by atoms with Crippen LogP contribution in [0.15, 0.2) is 30.3 Å². The van der Waals surface area contributed by atoms with Gasteiger partial charge in [-0.25, -0.2) is 0 Å². The lowest BCUT2D eigenvalue weighted by molar-refractivity contribution is -0.118. The van der Waals surface area contributed by atoms with Gasteiger partial charge in [0.2, 0.25) is 13.9 Å². The molecule has 0 aliphatic carbocycles. The fourth-order valence-corrected chi connectivity index (χ4v) is 2.43. The molecule has 2 nitrogen and oxygen atoms in total. The van der Waals surface area contributed by atoms with Gasteiger partial charge in [-0.05, 0) is 25.1 Å². The van der Waals surface area contributed by atoms with Gasteiger partial charge >= 0.3 is 0 Å². The van der Waals surface area contributed by atoms with Crippen LogP contribution in [0.2, 0.25) is 0 Å². The molecule has 78 valence electrons. The molecule has 0 spiro atoms. The standard InChI is InChI=1S/C11H15BNOP/c1-9(11(14)13-12)15-8-7-10-5-3-2-4-6-10/h2-6,9,15H,7-8H2,1H3,(H,13,14). The van der Waals surface area contributed by atoms with Crippen molar-refractivity contribution in [2.75, 3.05) is 6.16 Å². The number of hydrogen-bond acceptors (Lipinski definition) is 1. The molecular weight excluding hydrogens is 204 g/mol. The molecule has 1 aromatic rings. The number of nitrogens with one attached hydrogen (secondary N) is 1. The molecule has 0 saturated heterocycles. The minimum atomic E-state index is -0.0682. The van der Waals surface area contributed by atoms with Gasteiger partial charge in [0.1, 0.15) is 0 Å². The fourth-order valence-electron chi connectivity index (χ4n) is 1.30. The van der Waals surface area contributed by atoms with E-state index in [1.54, 1.807) is 0 Å². The molecule has 0 bridgehead atoms. The molecule has 15 heavy (non-hydrogen) atoms. The average molecular weight is 219 g/mol. The molecule has 0 aromatic heterocycles. The molecule has 1 amide bonds. The summed E-state index contributed by atoms with van der Waals surface area (Å²) in [7, 11) is 5.69. The van der Waals surface area contributed by atoms with Crippen molar-refractivity contribution in [3.05, 3.63) is 35.9 Å². The molecule has 1 rings (SSSR count). The van der Waals surface area contributed by atoms with Gasteiger partial charge in [0.25, 0.3) is 0 Å². The van der Waals surface area contributed by atoms with Crippen LogP contribution >= 0.6 is 8.58 Å². The van der Waals surface area contributed by atoms with Crippen molar-refractivity contribution < 1.29 is 4.79 Å². The van der Waals surface area contributed by atoms with Gasteiger partial charge in [0.05, 0.1) is 5.66 Å². The van der Waals surface area contributed by atoms with Crippen LogP contribution in [0.5, 0.6) is 0 Å². The summed E-state index contributed by atoms with van der Waals surface area (Å²) < 4.78 is 0. The highest BCUT2D eigenvalue weighted by Crippen LogP contribution is 2.20. The van der Waals surface area contributed by atoms with Crippen molar-refractivity contribution in [3.8, 4) is 0 Å². The first-order chi connectivity index (χ1) is 7.24. The number of hydrogen-bond donors (Lipinski definition) is 1. The van der Waals surface area contributed by atoms with Gasteiger partial charge in [0.15, 0.2) is 0 Å². The maximum absolute atomic E-state index is 11.1. The Labute approximate surface area is 94.1 Å². The Bertz CT molecular complexity index is 305. The average Bonchev–Trinajstić information content (AvgIpc) is 2.29. The third-order valence-corrected chi connectivity index (χ3v) is 3.66. The number of aryl methyl sites for hydroxylation is 1. The second kappa shape index (κ2) is 6.63. The minimum absolute atomic E-state index is 0.0266. The Kier molecular flexibility index (Phi) is 5.42. The number of rotatable bonds is 5. The Hall–Kier alpha value is -0.815. The first-order valence-corrected chi connectivity index (χ1v) is 6.30. The van der Waals surface area contributed by atoms with Crippen molar-refractivity contribution in [2.45, 2.75) is 19.0 Å². The first-order valence-electron chi connectivity index (χ1n) is 5.02. The molecule has 4 heteroatoms. The van der Waals surface area contributed by atoms with E-state index in [0.717, 1.165) is 12.6 Å². The second-order valence-electron chi connectivity index (χ2n) is 3.42. The van der Waals surface area contributed by atoms with Gasteiger partial charge in [-0.1, -0.05) is 30.3 Å². The summed E-state index contributed by atoms with van der Waals surface area (Å²) in [5.41, 5.74) is 1.35. The topological polar surface area (TPSA) is 29.1 Å². The van der Waals surface area contributed by atoms with Crippen LogP contribution in [0.25, 0.3) is 0 Å². The lowest BCUT2D eigenvalue weighted by Crippen LogP contribution is -2.28. The smallest absolute Gasteiger partial charge is 0.226 e. The Morgan fingerprint density at radius 3 is 2.73 bits per heavy atom. The van der Waals surface area contributed by atoms with Crippen LogP contribution in [0.1, 0.15) is 12.5 Å². The largest absolute Gasteiger partial charge is 0.409 e. The summed E-state index contributed by atoms with van der Waals surface area (Å²) in [5.74, 6) is -0.0682. The molecule has 0 saturated carbocycles. The molecule has 0 heterocycles. The van der Waals surface area contributed by atoms with Gasteiger partial charge in [-0.3, -0.25) is 4.79 Å². The lowest BCUT2D eigenvalue weighted by Gasteiger charge is -2.09. The Morgan fingerprint density at radius 2 is 2.13 bits per heavy atom. The molecule has 1 N–H and O–H groups in total. The number of benzene rings is 1. The van der Waals surface area contributed by atoms with Crippen molar-refractivity contribution in [1.82, 2.24) is 5.23 Å². The summed E-state index contributed by atoms with van der Waals surface area (Å²) in [4.78, 5) is 11.1. The summed E-state index contributed by atoms with van der Waals surface area (Å²) in [5, 5.41) is 2.18. The summed E-state index contributed by atoms with van der Waals surface area (Å²) in [6, 6.07) is 10.3. The van der Waals surface area contributed by atoms with Crippen LogP contribution in [0, 0.1) is 0 Å². The van der Waals surface area contributed by atoms with E-state index in [0.29, 0.717) is 8.58 Å². The highest BCUT2D eigenvalue weighted by atomic mass is 31.1. The molecule has 2 atom stereocenters. The second-order valence-corrected chi connectivity index (χ2v) is 5.19. The Morgan fingerprint density at radius 1 is 1.47 bits per heavy atom. The minimum Gasteiger partial charge on any atom is -0.409 e. The summed E-state index contributed by atoms with van der Waals surface area (Å²) >= 11 is 0. The van der Waals surface area contributed by atoms with E-state index >= 15 is 0 Å². The maximum Gasteiger partial charge on any atom is 0.226 e. The SMILES string of the molecule is [B]NC(=O)C(C)PCCc1ccccc1. The van der Waals surface area contributed by atoms with Gasteiger partial charge in [0, 0.05) is 0 Å². The highest BCUT2D eigenvalue weighted by Gasteiger charge is 2.09. The normalized spacial score (nSPS) is 12.9. The van der Waals surface area contributed by atoms with Crippen molar-refractivity contribution >= 4 is 22.5 Å². The van der Waals surface area contributed by atoms with Gasteiger partial charge < -0.3 is 5.23 Å².